The van der Waals surface area contributed by atoms with E-state index in [1.807, 2.05) is 24.3 Å². The predicted molar refractivity (Wildman–Crippen MR) is 85.8 cm³/mol. The lowest BCUT2D eigenvalue weighted by atomic mass is 9.87. The second-order valence-electron chi connectivity index (χ2n) is 6.31. The third-order valence-corrected chi connectivity index (χ3v) is 3.51. The molecule has 1 aromatic heterocycles. The molecule has 114 valence electrons. The van der Waals surface area contributed by atoms with Crippen LogP contribution in [0.3, 0.4) is 0 Å². The van der Waals surface area contributed by atoms with Crippen molar-refractivity contribution in [3.63, 3.8) is 0 Å². The van der Waals surface area contributed by atoms with Gasteiger partial charge in [0.1, 0.15) is 18.1 Å². The molecule has 0 amide bonds. The van der Waals surface area contributed by atoms with Gasteiger partial charge >= 0.3 is 0 Å². The van der Waals surface area contributed by atoms with Crippen molar-refractivity contribution >= 4 is 0 Å². The highest BCUT2D eigenvalue weighted by Gasteiger charge is 2.13. The van der Waals surface area contributed by atoms with Crippen molar-refractivity contribution in [1.82, 2.24) is 5.32 Å². The Bertz CT molecular complexity index is 523. The molecule has 1 atom stereocenters. The zero-order chi connectivity index (χ0) is 15.3. The first-order chi connectivity index (χ1) is 9.97. The van der Waals surface area contributed by atoms with Crippen LogP contribution in [0.15, 0.2) is 47.1 Å². The average molecular weight is 287 g/mol. The molecule has 0 saturated heterocycles. The SMILES string of the molecule is CC(NCCOc1ccc(C(C)(C)C)cc1)c1ccco1. The van der Waals surface area contributed by atoms with E-state index in [1.165, 1.54) is 5.56 Å². The topological polar surface area (TPSA) is 34.4 Å². The molecule has 3 heteroatoms. The number of hydrogen-bond acceptors (Lipinski definition) is 3. The van der Waals surface area contributed by atoms with Crippen LogP contribution in [0, 0.1) is 0 Å². The molecule has 0 saturated carbocycles. The number of nitrogens with one attached hydrogen (secondary N) is 1. The molecule has 0 fully saturated rings. The Balaban J connectivity index is 1.74. The van der Waals surface area contributed by atoms with Crippen LogP contribution in [0.5, 0.6) is 5.75 Å². The van der Waals surface area contributed by atoms with E-state index in [9.17, 15) is 0 Å². The Hall–Kier alpha value is -1.74. The molecular weight excluding hydrogens is 262 g/mol. The van der Waals surface area contributed by atoms with E-state index in [0.717, 1.165) is 18.1 Å². The molecule has 21 heavy (non-hydrogen) atoms. The highest BCUT2D eigenvalue weighted by molar-refractivity contribution is 5.31. The van der Waals surface area contributed by atoms with Crippen molar-refractivity contribution in [3.05, 3.63) is 54.0 Å². The van der Waals surface area contributed by atoms with Crippen LogP contribution in [-0.2, 0) is 5.41 Å². The van der Waals surface area contributed by atoms with Crippen molar-refractivity contribution < 1.29 is 9.15 Å². The molecule has 1 heterocycles. The minimum absolute atomic E-state index is 0.179. The third kappa shape index (κ3) is 4.64. The summed E-state index contributed by atoms with van der Waals surface area (Å²) in [7, 11) is 0. The molecular formula is C18H25NO2. The summed E-state index contributed by atoms with van der Waals surface area (Å²) in [6.45, 7) is 10.1. The van der Waals surface area contributed by atoms with Gasteiger partial charge in [-0.2, -0.15) is 0 Å². The first kappa shape index (κ1) is 15.6. The largest absolute Gasteiger partial charge is 0.492 e. The Morgan fingerprint density at radius 3 is 2.43 bits per heavy atom. The summed E-state index contributed by atoms with van der Waals surface area (Å²) in [6, 6.07) is 12.4. The Morgan fingerprint density at radius 1 is 1.14 bits per heavy atom. The van der Waals surface area contributed by atoms with Gasteiger partial charge in [0, 0.05) is 6.54 Å². The van der Waals surface area contributed by atoms with E-state index in [2.05, 4.69) is 45.1 Å². The lowest BCUT2D eigenvalue weighted by Gasteiger charge is -2.19. The van der Waals surface area contributed by atoms with Crippen LogP contribution in [0.25, 0.3) is 0 Å². The molecule has 0 aliphatic heterocycles. The van der Waals surface area contributed by atoms with Gasteiger partial charge in [-0.25, -0.2) is 0 Å². The normalized spacial score (nSPS) is 13.1. The summed E-state index contributed by atoms with van der Waals surface area (Å²) in [5, 5.41) is 3.37. The fourth-order valence-corrected chi connectivity index (χ4v) is 2.13. The highest BCUT2D eigenvalue weighted by atomic mass is 16.5. The minimum atomic E-state index is 0.179. The maximum atomic E-state index is 5.75. The third-order valence-electron chi connectivity index (χ3n) is 3.51. The second-order valence-corrected chi connectivity index (χ2v) is 6.31. The van der Waals surface area contributed by atoms with E-state index >= 15 is 0 Å². The van der Waals surface area contributed by atoms with Gasteiger partial charge in [-0.05, 0) is 42.2 Å². The minimum Gasteiger partial charge on any atom is -0.492 e. The average Bonchev–Trinajstić information content (AvgIpc) is 2.97. The van der Waals surface area contributed by atoms with Gasteiger partial charge in [-0.1, -0.05) is 32.9 Å². The molecule has 1 aromatic carbocycles. The van der Waals surface area contributed by atoms with Gasteiger partial charge in [-0.3, -0.25) is 0 Å². The lowest BCUT2D eigenvalue weighted by molar-refractivity contribution is 0.301. The quantitative estimate of drug-likeness (QED) is 0.804. The summed E-state index contributed by atoms with van der Waals surface area (Å²) in [4.78, 5) is 0. The maximum Gasteiger partial charge on any atom is 0.120 e. The summed E-state index contributed by atoms with van der Waals surface area (Å²) in [5.41, 5.74) is 1.50. The standard InChI is InChI=1S/C18H25NO2/c1-14(17-6-5-12-21-17)19-11-13-20-16-9-7-15(8-10-16)18(2,3)4/h5-10,12,14,19H,11,13H2,1-4H3. The van der Waals surface area contributed by atoms with Gasteiger partial charge in [0.05, 0.1) is 12.3 Å². The van der Waals surface area contributed by atoms with Gasteiger partial charge in [0.25, 0.3) is 0 Å². The molecule has 0 bridgehead atoms. The van der Waals surface area contributed by atoms with E-state index in [4.69, 9.17) is 9.15 Å². The molecule has 2 aromatic rings. The molecule has 0 aliphatic rings. The lowest BCUT2D eigenvalue weighted by Crippen LogP contribution is -2.24. The van der Waals surface area contributed by atoms with Crippen LogP contribution in [-0.4, -0.2) is 13.2 Å². The molecule has 0 aliphatic carbocycles. The smallest absolute Gasteiger partial charge is 0.120 e. The Morgan fingerprint density at radius 2 is 1.86 bits per heavy atom. The van der Waals surface area contributed by atoms with Crippen LogP contribution < -0.4 is 10.1 Å². The molecule has 2 rings (SSSR count). The van der Waals surface area contributed by atoms with Crippen LogP contribution in [0.2, 0.25) is 0 Å². The van der Waals surface area contributed by atoms with Crippen LogP contribution in [0.4, 0.5) is 0 Å². The Labute approximate surface area is 127 Å². The van der Waals surface area contributed by atoms with E-state index in [-0.39, 0.29) is 11.5 Å². The number of benzene rings is 1. The van der Waals surface area contributed by atoms with Gasteiger partial charge in [0.2, 0.25) is 0 Å². The van der Waals surface area contributed by atoms with Gasteiger partial charge < -0.3 is 14.5 Å². The van der Waals surface area contributed by atoms with Gasteiger partial charge in [-0.15, -0.1) is 0 Å². The van der Waals surface area contributed by atoms with E-state index < -0.39 is 0 Å². The summed E-state index contributed by atoms with van der Waals surface area (Å²) >= 11 is 0. The van der Waals surface area contributed by atoms with Crippen molar-refractivity contribution in [3.8, 4) is 5.75 Å². The number of ether oxygens (including phenoxy) is 1. The van der Waals surface area contributed by atoms with Crippen molar-refractivity contribution in [2.24, 2.45) is 0 Å². The first-order valence-electron chi connectivity index (χ1n) is 7.47. The van der Waals surface area contributed by atoms with Crippen molar-refractivity contribution in [2.75, 3.05) is 13.2 Å². The monoisotopic (exact) mass is 287 g/mol. The van der Waals surface area contributed by atoms with Gasteiger partial charge in [0.15, 0.2) is 0 Å². The zero-order valence-electron chi connectivity index (χ0n) is 13.3. The van der Waals surface area contributed by atoms with Crippen LogP contribution >= 0.6 is 0 Å². The maximum absolute atomic E-state index is 5.75. The van der Waals surface area contributed by atoms with Crippen molar-refractivity contribution in [2.45, 2.75) is 39.2 Å². The number of hydrogen-bond donors (Lipinski definition) is 1. The first-order valence-corrected chi connectivity index (χ1v) is 7.47. The van der Waals surface area contributed by atoms with E-state index in [1.54, 1.807) is 6.26 Å². The summed E-state index contributed by atoms with van der Waals surface area (Å²) < 4.78 is 11.1. The molecule has 0 spiro atoms. The van der Waals surface area contributed by atoms with Crippen molar-refractivity contribution in [1.29, 1.82) is 0 Å². The van der Waals surface area contributed by atoms with Crippen LogP contribution in [0.1, 0.15) is 45.1 Å². The molecule has 1 unspecified atom stereocenters. The number of furan rings is 1. The predicted octanol–water partition coefficient (Wildman–Crippen LogP) is 4.31. The second kappa shape index (κ2) is 6.81. The number of rotatable bonds is 6. The molecule has 0 radical (unpaired) electrons. The fraction of sp³-hybridized carbons (Fsp3) is 0.444. The molecule has 3 nitrogen and oxygen atoms in total. The highest BCUT2D eigenvalue weighted by Crippen LogP contribution is 2.24. The zero-order valence-corrected chi connectivity index (χ0v) is 13.3. The molecule has 1 N–H and O–H groups in total. The fourth-order valence-electron chi connectivity index (χ4n) is 2.13. The van der Waals surface area contributed by atoms with E-state index in [0.29, 0.717) is 6.61 Å². The summed E-state index contributed by atoms with van der Waals surface area (Å²) in [6.07, 6.45) is 1.70. The summed E-state index contributed by atoms with van der Waals surface area (Å²) in [5.74, 6) is 1.86. The Kier molecular flexibility index (Phi) is 5.07.